The molecule has 0 aromatic carbocycles. The molecule has 0 rings (SSSR count). The minimum Gasteiger partial charge on any atom is -0.319 e. The van der Waals surface area contributed by atoms with Crippen molar-refractivity contribution in [1.82, 2.24) is 5.32 Å². The minimum atomic E-state index is 0.792. The topological polar surface area (TPSA) is 12.0 Å². The van der Waals surface area contributed by atoms with E-state index in [2.05, 4.69) is 11.9 Å². The zero-order valence-corrected chi connectivity index (χ0v) is 9.41. The van der Waals surface area contributed by atoms with Crippen LogP contribution in [-0.4, -0.2) is 13.6 Å². The molecule has 0 atom stereocenters. The standard InChI is InChI=1S/C11H18ClN/c1-9(5-6-11(3)12)10(2)7-8-13-4/h5-6,13H,2,7-8H2,1,3-4H3/b9-5+,11-6+. The number of rotatable bonds is 5. The van der Waals surface area contributed by atoms with Gasteiger partial charge in [-0.05, 0) is 45.5 Å². The predicted octanol–water partition coefficient (Wildman–Crippen LogP) is 3.24. The van der Waals surface area contributed by atoms with Gasteiger partial charge in [-0.25, -0.2) is 0 Å². The Hall–Kier alpha value is -0.530. The van der Waals surface area contributed by atoms with Crippen LogP contribution in [0, 0.1) is 0 Å². The first-order valence-corrected chi connectivity index (χ1v) is 4.79. The molecule has 0 saturated carbocycles. The molecule has 0 heterocycles. The smallest absolute Gasteiger partial charge is 0.0150 e. The lowest BCUT2D eigenvalue weighted by molar-refractivity contribution is 0.790. The molecule has 0 aliphatic heterocycles. The molecule has 0 saturated heterocycles. The molecule has 0 aromatic rings. The van der Waals surface area contributed by atoms with Crippen molar-refractivity contribution in [2.24, 2.45) is 0 Å². The SMILES string of the molecule is C=C(CCNC)/C(C)=C/C=C(\C)Cl. The van der Waals surface area contributed by atoms with Crippen molar-refractivity contribution >= 4 is 11.6 Å². The van der Waals surface area contributed by atoms with Gasteiger partial charge in [-0.3, -0.25) is 0 Å². The van der Waals surface area contributed by atoms with Gasteiger partial charge in [-0.1, -0.05) is 29.8 Å². The second kappa shape index (κ2) is 6.93. The number of halogens is 1. The summed E-state index contributed by atoms with van der Waals surface area (Å²) in [5.74, 6) is 0. The molecule has 0 unspecified atom stereocenters. The normalized spacial score (nSPS) is 13.2. The van der Waals surface area contributed by atoms with Crippen LogP contribution in [0.2, 0.25) is 0 Å². The first kappa shape index (κ1) is 12.5. The molecule has 2 heteroatoms. The lowest BCUT2D eigenvalue weighted by Crippen LogP contribution is -2.08. The van der Waals surface area contributed by atoms with Crippen LogP contribution >= 0.6 is 11.6 Å². The number of hydrogen-bond acceptors (Lipinski definition) is 1. The van der Waals surface area contributed by atoms with Crippen molar-refractivity contribution in [3.8, 4) is 0 Å². The van der Waals surface area contributed by atoms with E-state index < -0.39 is 0 Å². The second-order valence-electron chi connectivity index (χ2n) is 3.06. The summed E-state index contributed by atoms with van der Waals surface area (Å²) < 4.78 is 0. The average Bonchev–Trinajstić information content (AvgIpc) is 2.10. The fourth-order valence-corrected chi connectivity index (χ4v) is 0.894. The summed E-state index contributed by atoms with van der Waals surface area (Å²) in [6, 6.07) is 0. The lowest BCUT2D eigenvalue weighted by atomic mass is 10.1. The Morgan fingerprint density at radius 3 is 2.46 bits per heavy atom. The van der Waals surface area contributed by atoms with Crippen molar-refractivity contribution < 1.29 is 0 Å². The zero-order chi connectivity index (χ0) is 10.3. The fraction of sp³-hybridized carbons (Fsp3) is 0.455. The van der Waals surface area contributed by atoms with Crippen LogP contribution in [0.4, 0.5) is 0 Å². The van der Waals surface area contributed by atoms with Gasteiger partial charge in [0.05, 0.1) is 0 Å². The van der Waals surface area contributed by atoms with Crippen molar-refractivity contribution in [2.75, 3.05) is 13.6 Å². The van der Waals surface area contributed by atoms with Crippen molar-refractivity contribution in [3.05, 3.63) is 34.9 Å². The van der Waals surface area contributed by atoms with E-state index in [1.54, 1.807) is 0 Å². The molecule has 1 N–H and O–H groups in total. The van der Waals surface area contributed by atoms with Crippen molar-refractivity contribution in [1.29, 1.82) is 0 Å². The summed E-state index contributed by atoms with van der Waals surface area (Å²) in [6.45, 7) is 8.87. The quantitative estimate of drug-likeness (QED) is 0.671. The molecule has 0 aliphatic rings. The highest BCUT2D eigenvalue weighted by Gasteiger charge is 1.94. The van der Waals surface area contributed by atoms with Gasteiger partial charge in [-0.15, -0.1) is 0 Å². The highest BCUT2D eigenvalue weighted by atomic mass is 35.5. The monoisotopic (exact) mass is 199 g/mol. The van der Waals surface area contributed by atoms with Crippen LogP contribution in [0.3, 0.4) is 0 Å². The molecule has 0 aromatic heterocycles. The first-order chi connectivity index (χ1) is 6.07. The largest absolute Gasteiger partial charge is 0.319 e. The maximum atomic E-state index is 5.71. The Morgan fingerprint density at radius 2 is 2.00 bits per heavy atom. The van der Waals surface area contributed by atoms with Crippen LogP contribution < -0.4 is 5.32 Å². The molecule has 1 nitrogen and oxygen atoms in total. The average molecular weight is 200 g/mol. The molecule has 0 spiro atoms. The number of nitrogens with one attached hydrogen (secondary N) is 1. The summed E-state index contributed by atoms with van der Waals surface area (Å²) in [7, 11) is 1.94. The van der Waals surface area contributed by atoms with Gasteiger partial charge in [0.1, 0.15) is 0 Å². The highest BCUT2D eigenvalue weighted by molar-refractivity contribution is 6.29. The first-order valence-electron chi connectivity index (χ1n) is 4.41. The van der Waals surface area contributed by atoms with Crippen molar-refractivity contribution in [2.45, 2.75) is 20.3 Å². The van der Waals surface area contributed by atoms with Crippen LogP contribution in [0.15, 0.2) is 34.9 Å². The van der Waals surface area contributed by atoms with E-state index in [9.17, 15) is 0 Å². The lowest BCUT2D eigenvalue weighted by Gasteiger charge is -2.04. The maximum absolute atomic E-state index is 5.71. The van der Waals surface area contributed by atoms with Crippen molar-refractivity contribution in [3.63, 3.8) is 0 Å². The van der Waals surface area contributed by atoms with Crippen LogP contribution in [0.25, 0.3) is 0 Å². The molecule has 13 heavy (non-hydrogen) atoms. The van der Waals surface area contributed by atoms with E-state index in [1.807, 2.05) is 33.0 Å². The number of allylic oxidation sites excluding steroid dienone is 4. The number of hydrogen-bond donors (Lipinski definition) is 1. The van der Waals surface area contributed by atoms with E-state index in [1.165, 1.54) is 5.57 Å². The molecular formula is C11H18ClN. The summed E-state index contributed by atoms with van der Waals surface area (Å²) in [5, 5.41) is 3.88. The third kappa shape index (κ3) is 6.62. The molecule has 74 valence electrons. The Morgan fingerprint density at radius 1 is 1.38 bits per heavy atom. The Labute approximate surface area is 86.2 Å². The van der Waals surface area contributed by atoms with E-state index in [0.717, 1.165) is 23.6 Å². The van der Waals surface area contributed by atoms with E-state index >= 15 is 0 Å². The summed E-state index contributed by atoms with van der Waals surface area (Å²) >= 11 is 5.71. The van der Waals surface area contributed by atoms with Gasteiger partial charge in [0.25, 0.3) is 0 Å². The Kier molecular flexibility index (Phi) is 6.65. The van der Waals surface area contributed by atoms with E-state index in [-0.39, 0.29) is 0 Å². The van der Waals surface area contributed by atoms with Gasteiger partial charge >= 0.3 is 0 Å². The zero-order valence-electron chi connectivity index (χ0n) is 8.65. The van der Waals surface area contributed by atoms with Gasteiger partial charge in [-0.2, -0.15) is 0 Å². The molecule has 0 radical (unpaired) electrons. The Balaban J connectivity index is 4.09. The van der Waals surface area contributed by atoms with Gasteiger partial charge in [0.15, 0.2) is 0 Å². The minimum absolute atomic E-state index is 0.792. The van der Waals surface area contributed by atoms with Gasteiger partial charge < -0.3 is 5.32 Å². The molecule has 0 amide bonds. The van der Waals surface area contributed by atoms with Crippen LogP contribution in [0.1, 0.15) is 20.3 Å². The third-order valence-electron chi connectivity index (χ3n) is 1.80. The maximum Gasteiger partial charge on any atom is 0.0150 e. The highest BCUT2D eigenvalue weighted by Crippen LogP contribution is 2.11. The van der Waals surface area contributed by atoms with Crippen LogP contribution in [0.5, 0.6) is 0 Å². The van der Waals surface area contributed by atoms with E-state index in [0.29, 0.717) is 0 Å². The van der Waals surface area contributed by atoms with E-state index in [4.69, 9.17) is 11.6 Å². The molecule has 0 aliphatic carbocycles. The molecule has 0 bridgehead atoms. The molecule has 0 fully saturated rings. The fourth-order valence-electron chi connectivity index (χ4n) is 0.831. The summed E-state index contributed by atoms with van der Waals surface area (Å²) in [5.41, 5.74) is 2.35. The summed E-state index contributed by atoms with van der Waals surface area (Å²) in [4.78, 5) is 0. The van der Waals surface area contributed by atoms with Gasteiger partial charge in [0.2, 0.25) is 0 Å². The van der Waals surface area contributed by atoms with Crippen LogP contribution in [-0.2, 0) is 0 Å². The molecular weight excluding hydrogens is 182 g/mol. The third-order valence-corrected chi connectivity index (χ3v) is 1.92. The Bertz CT molecular complexity index is 222. The summed E-state index contributed by atoms with van der Waals surface area (Å²) in [6.07, 6.45) is 4.87. The second-order valence-corrected chi connectivity index (χ2v) is 3.66. The van der Waals surface area contributed by atoms with Gasteiger partial charge in [0, 0.05) is 5.03 Å². The predicted molar refractivity (Wildman–Crippen MR) is 61.1 cm³/mol.